The molecule has 1 aromatic rings. The van der Waals surface area contributed by atoms with Gasteiger partial charge in [-0.05, 0) is 31.5 Å². The summed E-state index contributed by atoms with van der Waals surface area (Å²) in [6.45, 7) is 4.88. The molecule has 0 spiro atoms. The summed E-state index contributed by atoms with van der Waals surface area (Å²) in [6.07, 6.45) is 0.785. The first kappa shape index (κ1) is 17.3. The van der Waals surface area contributed by atoms with Crippen LogP contribution >= 0.6 is 11.6 Å². The van der Waals surface area contributed by atoms with E-state index in [0.29, 0.717) is 18.2 Å². The number of rotatable bonds is 4. The summed E-state index contributed by atoms with van der Waals surface area (Å²) < 4.78 is 11.0. The van der Waals surface area contributed by atoms with Gasteiger partial charge in [-0.2, -0.15) is 0 Å². The number of ether oxygens (including phenoxy) is 2. The molecule has 2 heterocycles. The molecule has 0 radical (unpaired) electrons. The Morgan fingerprint density at radius 3 is 3.08 bits per heavy atom. The summed E-state index contributed by atoms with van der Waals surface area (Å²) in [6, 6.07) is 5.42. The highest BCUT2D eigenvalue weighted by molar-refractivity contribution is 6.30. The largest absolute Gasteiger partial charge is 0.495 e. The van der Waals surface area contributed by atoms with Gasteiger partial charge in [-0.1, -0.05) is 11.6 Å². The molecule has 0 aliphatic carbocycles. The van der Waals surface area contributed by atoms with Crippen LogP contribution in [0.15, 0.2) is 18.2 Å². The minimum atomic E-state index is -0.284. The minimum Gasteiger partial charge on any atom is -0.495 e. The lowest BCUT2D eigenvalue weighted by atomic mass is 10.1. The topological polar surface area (TPSA) is 62.8 Å². The van der Waals surface area contributed by atoms with Crippen molar-refractivity contribution in [3.8, 4) is 5.75 Å². The highest BCUT2D eigenvalue weighted by Crippen LogP contribution is 2.33. The molecule has 6 nitrogen and oxygen atoms in total. The van der Waals surface area contributed by atoms with Crippen LogP contribution in [-0.2, 0) is 9.53 Å². The number of amides is 1. The summed E-state index contributed by atoms with van der Waals surface area (Å²) in [5.74, 6) is 0.800. The number of nitrogens with one attached hydrogen (secondary N) is 2. The molecular weight excluding hydrogens is 330 g/mol. The number of nitrogens with zero attached hydrogens (tertiary/aromatic N) is 1. The molecule has 1 unspecified atom stereocenters. The molecule has 2 saturated heterocycles. The summed E-state index contributed by atoms with van der Waals surface area (Å²) in [5.41, 5.74) is 0.967. The average molecular weight is 354 g/mol. The van der Waals surface area contributed by atoms with Crippen molar-refractivity contribution in [1.82, 2.24) is 10.6 Å². The summed E-state index contributed by atoms with van der Waals surface area (Å²) >= 11 is 6.12. The molecule has 2 aliphatic heterocycles. The van der Waals surface area contributed by atoms with E-state index in [1.54, 1.807) is 7.11 Å². The number of hydrogen-bond donors (Lipinski definition) is 2. The van der Waals surface area contributed by atoms with E-state index >= 15 is 0 Å². The Labute approximate surface area is 147 Å². The predicted molar refractivity (Wildman–Crippen MR) is 94.0 cm³/mol. The number of hydrogen-bond acceptors (Lipinski definition) is 5. The van der Waals surface area contributed by atoms with Gasteiger partial charge >= 0.3 is 0 Å². The van der Waals surface area contributed by atoms with Crippen LogP contribution in [-0.4, -0.2) is 57.4 Å². The number of halogens is 1. The second kappa shape index (κ2) is 7.59. The quantitative estimate of drug-likeness (QED) is 0.857. The number of carbonyl (C=O) groups is 1. The van der Waals surface area contributed by atoms with Crippen LogP contribution in [0.4, 0.5) is 5.69 Å². The molecule has 0 bridgehead atoms. The van der Waals surface area contributed by atoms with Crippen molar-refractivity contribution >= 4 is 23.2 Å². The van der Waals surface area contributed by atoms with Gasteiger partial charge in [0.05, 0.1) is 25.5 Å². The van der Waals surface area contributed by atoms with Crippen LogP contribution in [0.25, 0.3) is 0 Å². The molecule has 132 valence electrons. The summed E-state index contributed by atoms with van der Waals surface area (Å²) in [4.78, 5) is 14.7. The summed E-state index contributed by atoms with van der Waals surface area (Å²) in [7, 11) is 1.65. The fourth-order valence-corrected chi connectivity index (χ4v) is 3.49. The van der Waals surface area contributed by atoms with Gasteiger partial charge in [0.1, 0.15) is 11.8 Å². The molecule has 2 aliphatic rings. The van der Waals surface area contributed by atoms with E-state index in [4.69, 9.17) is 21.1 Å². The van der Waals surface area contributed by atoms with Crippen molar-refractivity contribution in [2.45, 2.75) is 31.5 Å². The fraction of sp³-hybridized carbons (Fsp3) is 0.588. The Morgan fingerprint density at radius 1 is 1.50 bits per heavy atom. The van der Waals surface area contributed by atoms with E-state index in [-0.39, 0.29) is 24.1 Å². The molecule has 1 amide bonds. The first-order valence-corrected chi connectivity index (χ1v) is 8.70. The molecule has 24 heavy (non-hydrogen) atoms. The number of methoxy groups -OCH3 is 1. The molecule has 3 rings (SSSR count). The van der Waals surface area contributed by atoms with Gasteiger partial charge in [-0.3, -0.25) is 4.79 Å². The average Bonchev–Trinajstić information content (AvgIpc) is 3.03. The van der Waals surface area contributed by atoms with Crippen LogP contribution in [0.3, 0.4) is 0 Å². The Hall–Kier alpha value is -1.50. The van der Waals surface area contributed by atoms with Gasteiger partial charge < -0.3 is 25.0 Å². The van der Waals surface area contributed by atoms with Gasteiger partial charge in [0, 0.05) is 30.7 Å². The van der Waals surface area contributed by atoms with Gasteiger partial charge in [-0.15, -0.1) is 0 Å². The van der Waals surface area contributed by atoms with Crippen LogP contribution in [0, 0.1) is 0 Å². The van der Waals surface area contributed by atoms with Crippen LogP contribution in [0.5, 0.6) is 5.75 Å². The first-order chi connectivity index (χ1) is 11.6. The van der Waals surface area contributed by atoms with Crippen molar-refractivity contribution in [2.75, 3.05) is 38.3 Å². The van der Waals surface area contributed by atoms with Gasteiger partial charge in [0.2, 0.25) is 5.91 Å². The van der Waals surface area contributed by atoms with E-state index in [2.05, 4.69) is 15.5 Å². The standard InChI is InChI=1S/C17H24ClN3O3/c1-11-16(19-6-8-24-11)17(22)20-13-5-7-21(10-13)14-9-12(18)3-4-15(14)23-2/h3-4,9,11,13,16,19H,5-8,10H2,1-2H3,(H,20,22)/t11-,13?,16+/m1/s1. The van der Waals surface area contributed by atoms with Crippen molar-refractivity contribution in [3.05, 3.63) is 23.2 Å². The number of carbonyl (C=O) groups excluding carboxylic acids is 1. The van der Waals surface area contributed by atoms with Crippen LogP contribution in [0.1, 0.15) is 13.3 Å². The second-order valence-corrected chi connectivity index (χ2v) is 6.70. The van der Waals surface area contributed by atoms with Gasteiger partial charge in [-0.25, -0.2) is 0 Å². The van der Waals surface area contributed by atoms with Crippen LogP contribution < -0.4 is 20.3 Å². The van der Waals surface area contributed by atoms with E-state index in [1.807, 2.05) is 25.1 Å². The molecule has 2 N–H and O–H groups in total. The lowest BCUT2D eigenvalue weighted by Gasteiger charge is -2.30. The van der Waals surface area contributed by atoms with Crippen LogP contribution in [0.2, 0.25) is 5.02 Å². The number of benzene rings is 1. The zero-order valence-corrected chi connectivity index (χ0v) is 14.8. The molecule has 7 heteroatoms. The SMILES string of the molecule is COc1ccc(Cl)cc1N1CCC(NC(=O)[C@H]2NCCO[C@@H]2C)C1. The number of morpholine rings is 1. The first-order valence-electron chi connectivity index (χ1n) is 8.32. The third-order valence-corrected chi connectivity index (χ3v) is 4.85. The third kappa shape index (κ3) is 3.77. The highest BCUT2D eigenvalue weighted by atomic mass is 35.5. The normalized spacial score (nSPS) is 27.1. The summed E-state index contributed by atoms with van der Waals surface area (Å²) in [5, 5.41) is 7.03. The Balaban J connectivity index is 1.61. The van der Waals surface area contributed by atoms with E-state index in [1.165, 1.54) is 0 Å². The minimum absolute atomic E-state index is 0.00658. The molecule has 2 fully saturated rings. The van der Waals surface area contributed by atoms with Gasteiger partial charge in [0.15, 0.2) is 0 Å². The lowest BCUT2D eigenvalue weighted by molar-refractivity contribution is -0.129. The van der Waals surface area contributed by atoms with Crippen molar-refractivity contribution in [2.24, 2.45) is 0 Å². The smallest absolute Gasteiger partial charge is 0.240 e. The lowest BCUT2D eigenvalue weighted by Crippen LogP contribution is -2.57. The second-order valence-electron chi connectivity index (χ2n) is 6.26. The van der Waals surface area contributed by atoms with Crippen molar-refractivity contribution in [1.29, 1.82) is 0 Å². The van der Waals surface area contributed by atoms with Crippen molar-refractivity contribution in [3.63, 3.8) is 0 Å². The highest BCUT2D eigenvalue weighted by Gasteiger charge is 2.32. The third-order valence-electron chi connectivity index (χ3n) is 4.62. The van der Waals surface area contributed by atoms with E-state index in [0.717, 1.165) is 30.9 Å². The Bertz CT molecular complexity index is 598. The number of anilines is 1. The molecule has 1 aromatic carbocycles. The molecule has 3 atom stereocenters. The molecule has 0 saturated carbocycles. The predicted octanol–water partition coefficient (Wildman–Crippen LogP) is 1.42. The monoisotopic (exact) mass is 353 g/mol. The maximum absolute atomic E-state index is 12.5. The molecular formula is C17H24ClN3O3. The van der Waals surface area contributed by atoms with Gasteiger partial charge in [0.25, 0.3) is 0 Å². The molecule has 0 aromatic heterocycles. The maximum Gasteiger partial charge on any atom is 0.240 e. The zero-order valence-electron chi connectivity index (χ0n) is 14.0. The van der Waals surface area contributed by atoms with E-state index in [9.17, 15) is 4.79 Å². The maximum atomic E-state index is 12.5. The Morgan fingerprint density at radius 2 is 2.33 bits per heavy atom. The van der Waals surface area contributed by atoms with E-state index < -0.39 is 0 Å². The Kier molecular flexibility index (Phi) is 5.48. The zero-order chi connectivity index (χ0) is 17.1. The van der Waals surface area contributed by atoms with Crippen molar-refractivity contribution < 1.29 is 14.3 Å². The fourth-order valence-electron chi connectivity index (χ4n) is 3.33.